The fourth-order valence-electron chi connectivity index (χ4n) is 2.06. The van der Waals surface area contributed by atoms with Crippen LogP contribution in [0.5, 0.6) is 5.75 Å². The summed E-state index contributed by atoms with van der Waals surface area (Å²) in [7, 11) is 0. The summed E-state index contributed by atoms with van der Waals surface area (Å²) < 4.78 is 5.84. The Balaban J connectivity index is 2.35. The van der Waals surface area contributed by atoms with Crippen LogP contribution in [0.3, 0.4) is 0 Å². The van der Waals surface area contributed by atoms with Gasteiger partial charge in [-0.3, -0.25) is 0 Å². The molecular formula is C12H18N2O2. The van der Waals surface area contributed by atoms with Crippen molar-refractivity contribution in [1.82, 2.24) is 0 Å². The third kappa shape index (κ3) is 1.93. The number of rotatable bonds is 3. The first-order valence-corrected chi connectivity index (χ1v) is 5.67. The van der Waals surface area contributed by atoms with Crippen LogP contribution < -0.4 is 15.4 Å². The molecule has 0 aromatic heterocycles. The minimum Gasteiger partial charge on any atom is -0.486 e. The molecule has 1 aromatic carbocycles. The average molecular weight is 222 g/mol. The molecule has 4 heteroatoms. The number of hydrogen-bond acceptors (Lipinski definition) is 4. The number of hydrogen-bond donors (Lipinski definition) is 2. The van der Waals surface area contributed by atoms with E-state index in [4.69, 9.17) is 15.6 Å². The SMILES string of the molecule is CCC1CN(CCO)c2c(N)cccc2O1. The summed E-state index contributed by atoms with van der Waals surface area (Å²) in [5.74, 6) is 0.826. The van der Waals surface area contributed by atoms with Crippen molar-refractivity contribution in [3.8, 4) is 5.75 Å². The van der Waals surface area contributed by atoms with Gasteiger partial charge in [-0.25, -0.2) is 0 Å². The Bertz CT molecular complexity index is 368. The van der Waals surface area contributed by atoms with Gasteiger partial charge in [0.2, 0.25) is 0 Å². The molecule has 1 aliphatic heterocycles. The van der Waals surface area contributed by atoms with Crippen LogP contribution in [0, 0.1) is 0 Å². The van der Waals surface area contributed by atoms with Crippen LogP contribution in [0.2, 0.25) is 0 Å². The Labute approximate surface area is 95.6 Å². The molecule has 0 saturated carbocycles. The average Bonchev–Trinajstić information content (AvgIpc) is 2.29. The van der Waals surface area contributed by atoms with E-state index in [1.165, 1.54) is 0 Å². The van der Waals surface area contributed by atoms with Crippen molar-refractivity contribution in [2.45, 2.75) is 19.4 Å². The molecule has 0 bridgehead atoms. The first kappa shape index (κ1) is 11.1. The monoisotopic (exact) mass is 222 g/mol. The van der Waals surface area contributed by atoms with Crippen molar-refractivity contribution in [3.05, 3.63) is 18.2 Å². The van der Waals surface area contributed by atoms with E-state index in [0.717, 1.165) is 24.4 Å². The van der Waals surface area contributed by atoms with Crippen LogP contribution in [0.25, 0.3) is 0 Å². The normalized spacial score (nSPS) is 19.1. The van der Waals surface area contributed by atoms with Crippen molar-refractivity contribution in [2.24, 2.45) is 0 Å². The van der Waals surface area contributed by atoms with Crippen molar-refractivity contribution in [3.63, 3.8) is 0 Å². The van der Waals surface area contributed by atoms with Crippen LogP contribution in [0.15, 0.2) is 18.2 Å². The molecule has 3 N–H and O–H groups in total. The number of fused-ring (bicyclic) bond motifs is 1. The van der Waals surface area contributed by atoms with Gasteiger partial charge in [-0.15, -0.1) is 0 Å². The van der Waals surface area contributed by atoms with Crippen molar-refractivity contribution in [1.29, 1.82) is 0 Å². The van der Waals surface area contributed by atoms with Crippen LogP contribution in [0.1, 0.15) is 13.3 Å². The summed E-state index contributed by atoms with van der Waals surface area (Å²) in [5, 5.41) is 9.07. The number of ether oxygens (including phenoxy) is 1. The van der Waals surface area contributed by atoms with Gasteiger partial charge in [0.05, 0.1) is 18.8 Å². The second kappa shape index (κ2) is 4.61. The highest BCUT2D eigenvalue weighted by Crippen LogP contribution is 2.38. The van der Waals surface area contributed by atoms with Crippen LogP contribution in [-0.2, 0) is 0 Å². The lowest BCUT2D eigenvalue weighted by Crippen LogP contribution is -2.41. The van der Waals surface area contributed by atoms with Gasteiger partial charge in [0.1, 0.15) is 17.5 Å². The Morgan fingerprint density at radius 1 is 1.56 bits per heavy atom. The highest BCUT2D eigenvalue weighted by Gasteiger charge is 2.25. The molecule has 0 spiro atoms. The van der Waals surface area contributed by atoms with Gasteiger partial charge in [0, 0.05) is 6.54 Å². The minimum absolute atomic E-state index is 0.129. The van der Waals surface area contributed by atoms with Gasteiger partial charge in [-0.05, 0) is 18.6 Å². The van der Waals surface area contributed by atoms with Crippen LogP contribution in [0.4, 0.5) is 11.4 Å². The molecule has 1 aliphatic rings. The summed E-state index contributed by atoms with van der Waals surface area (Å²) in [6, 6.07) is 5.68. The third-order valence-corrected chi connectivity index (χ3v) is 2.89. The van der Waals surface area contributed by atoms with E-state index in [9.17, 15) is 0 Å². The molecule has 0 radical (unpaired) electrons. The molecule has 1 heterocycles. The van der Waals surface area contributed by atoms with E-state index in [1.807, 2.05) is 18.2 Å². The number of nitrogen functional groups attached to an aromatic ring is 1. The van der Waals surface area contributed by atoms with Gasteiger partial charge in [0.15, 0.2) is 0 Å². The Morgan fingerprint density at radius 2 is 2.38 bits per heavy atom. The maximum atomic E-state index is 9.07. The van der Waals surface area contributed by atoms with Crippen molar-refractivity contribution < 1.29 is 9.84 Å². The fraction of sp³-hybridized carbons (Fsp3) is 0.500. The van der Waals surface area contributed by atoms with Gasteiger partial charge >= 0.3 is 0 Å². The summed E-state index contributed by atoms with van der Waals surface area (Å²) in [4.78, 5) is 2.10. The molecule has 0 fully saturated rings. The largest absolute Gasteiger partial charge is 0.486 e. The maximum Gasteiger partial charge on any atom is 0.145 e. The Kier molecular flexibility index (Phi) is 3.19. The summed E-state index contributed by atoms with van der Waals surface area (Å²) >= 11 is 0. The number of anilines is 2. The number of benzene rings is 1. The molecule has 0 saturated heterocycles. The highest BCUT2D eigenvalue weighted by molar-refractivity contribution is 5.75. The molecule has 88 valence electrons. The quantitative estimate of drug-likeness (QED) is 0.755. The number of β-amino-alcohol motifs (C(OH)–C–C–N with tert-alkyl or cyclic N) is 1. The lowest BCUT2D eigenvalue weighted by Gasteiger charge is -2.36. The Morgan fingerprint density at radius 3 is 3.06 bits per heavy atom. The summed E-state index contributed by atoms with van der Waals surface area (Å²) in [6.45, 7) is 3.61. The van der Waals surface area contributed by atoms with E-state index >= 15 is 0 Å². The summed E-state index contributed by atoms with van der Waals surface area (Å²) in [6.07, 6.45) is 1.14. The minimum atomic E-state index is 0.129. The van der Waals surface area contributed by atoms with Gasteiger partial charge < -0.3 is 20.5 Å². The number of aliphatic hydroxyl groups excluding tert-OH is 1. The van der Waals surface area contributed by atoms with E-state index in [1.54, 1.807) is 0 Å². The smallest absolute Gasteiger partial charge is 0.145 e. The third-order valence-electron chi connectivity index (χ3n) is 2.89. The van der Waals surface area contributed by atoms with Crippen LogP contribution in [-0.4, -0.2) is 30.9 Å². The van der Waals surface area contributed by atoms with Gasteiger partial charge in [-0.1, -0.05) is 13.0 Å². The second-order valence-corrected chi connectivity index (χ2v) is 4.01. The highest BCUT2D eigenvalue weighted by atomic mass is 16.5. The molecule has 0 amide bonds. The van der Waals surface area contributed by atoms with E-state index in [-0.39, 0.29) is 12.7 Å². The molecule has 1 aromatic rings. The number of aliphatic hydroxyl groups is 1. The van der Waals surface area contributed by atoms with Crippen molar-refractivity contribution >= 4 is 11.4 Å². The molecule has 1 unspecified atom stereocenters. The first-order valence-electron chi connectivity index (χ1n) is 5.67. The predicted molar refractivity (Wildman–Crippen MR) is 64.9 cm³/mol. The van der Waals surface area contributed by atoms with E-state index in [2.05, 4.69) is 11.8 Å². The van der Waals surface area contributed by atoms with Crippen molar-refractivity contribution in [2.75, 3.05) is 30.3 Å². The summed E-state index contributed by atoms with van der Waals surface area (Å²) in [5.41, 5.74) is 7.57. The maximum absolute atomic E-state index is 9.07. The number of para-hydroxylation sites is 1. The van der Waals surface area contributed by atoms with Gasteiger partial charge in [-0.2, -0.15) is 0 Å². The zero-order chi connectivity index (χ0) is 11.5. The second-order valence-electron chi connectivity index (χ2n) is 4.01. The van der Waals surface area contributed by atoms with E-state index in [0.29, 0.717) is 12.2 Å². The predicted octanol–water partition coefficient (Wildman–Crippen LogP) is 1.24. The van der Waals surface area contributed by atoms with Gasteiger partial charge in [0.25, 0.3) is 0 Å². The number of nitrogens with two attached hydrogens (primary N) is 1. The molecule has 2 rings (SSSR count). The zero-order valence-electron chi connectivity index (χ0n) is 9.52. The zero-order valence-corrected chi connectivity index (χ0v) is 9.52. The molecule has 4 nitrogen and oxygen atoms in total. The lowest BCUT2D eigenvalue weighted by atomic mass is 10.1. The topological polar surface area (TPSA) is 58.7 Å². The van der Waals surface area contributed by atoms with Crippen LogP contribution >= 0.6 is 0 Å². The molecule has 1 atom stereocenters. The Hall–Kier alpha value is -1.42. The number of nitrogens with zero attached hydrogens (tertiary/aromatic N) is 1. The fourth-order valence-corrected chi connectivity index (χ4v) is 2.06. The standard InChI is InChI=1S/C12H18N2O2/c1-2-9-8-14(6-7-15)12-10(13)4-3-5-11(12)16-9/h3-5,9,15H,2,6-8,13H2,1H3. The first-order chi connectivity index (χ1) is 7.76. The van der Waals surface area contributed by atoms with E-state index < -0.39 is 0 Å². The molecular weight excluding hydrogens is 204 g/mol. The molecule has 0 aliphatic carbocycles. The molecule has 16 heavy (non-hydrogen) atoms. The lowest BCUT2D eigenvalue weighted by molar-refractivity contribution is 0.185.